The molecule has 0 spiro atoms. The van der Waals surface area contributed by atoms with Gasteiger partial charge in [-0.15, -0.1) is 0 Å². The number of hydrogen-bond donors (Lipinski definition) is 0. The predicted octanol–water partition coefficient (Wildman–Crippen LogP) is 4.09. The average Bonchev–Trinajstić information content (AvgIpc) is 3.16. The summed E-state index contributed by atoms with van der Waals surface area (Å²) in [5, 5.41) is 0. The minimum atomic E-state index is 0.715. The van der Waals surface area contributed by atoms with Crippen molar-refractivity contribution in [3.8, 4) is 39.8 Å². The first-order valence-corrected chi connectivity index (χ1v) is 8.43. The van der Waals surface area contributed by atoms with Crippen LogP contribution >= 0.6 is 0 Å². The van der Waals surface area contributed by atoms with Crippen LogP contribution in [0.5, 0.6) is 17.2 Å². The summed E-state index contributed by atoms with van der Waals surface area (Å²) in [5.41, 5.74) is 4.50. The Morgan fingerprint density at radius 2 is 1.37 bits per heavy atom. The highest BCUT2D eigenvalue weighted by Gasteiger charge is 2.10. The number of methoxy groups -OCH3 is 3. The number of fused-ring (bicyclic) bond motifs is 1. The molecule has 0 aliphatic rings. The molecule has 0 atom stereocenters. The van der Waals surface area contributed by atoms with E-state index < -0.39 is 0 Å². The minimum absolute atomic E-state index is 0.715. The fraction of sp³-hybridized carbons (Fsp3) is 0.143. The standard InChI is InChI=1S/C21H19N3O3/c1-25-16-6-4-14(5-7-16)20-11-23-21-12-22-19(13-24(20)21)15-8-17(26-2)10-18(9-15)27-3/h4-13H,1-3H3. The van der Waals surface area contributed by atoms with Crippen LogP contribution in [0.4, 0.5) is 0 Å². The van der Waals surface area contributed by atoms with Crippen molar-refractivity contribution < 1.29 is 14.2 Å². The molecule has 0 bridgehead atoms. The van der Waals surface area contributed by atoms with Crippen LogP contribution in [-0.2, 0) is 0 Å². The van der Waals surface area contributed by atoms with Gasteiger partial charge < -0.3 is 14.2 Å². The van der Waals surface area contributed by atoms with Crippen LogP contribution < -0.4 is 14.2 Å². The lowest BCUT2D eigenvalue weighted by Gasteiger charge is -2.09. The van der Waals surface area contributed by atoms with Crippen molar-refractivity contribution in [3.05, 3.63) is 61.1 Å². The number of aromatic nitrogens is 3. The Kier molecular flexibility index (Phi) is 4.38. The van der Waals surface area contributed by atoms with Crippen molar-refractivity contribution in [1.29, 1.82) is 0 Å². The van der Waals surface area contributed by atoms with Gasteiger partial charge in [0.25, 0.3) is 0 Å². The molecule has 0 fully saturated rings. The van der Waals surface area contributed by atoms with Crippen molar-refractivity contribution in [1.82, 2.24) is 14.4 Å². The lowest BCUT2D eigenvalue weighted by Crippen LogP contribution is -1.94. The van der Waals surface area contributed by atoms with Gasteiger partial charge in [-0.3, -0.25) is 9.38 Å². The minimum Gasteiger partial charge on any atom is -0.497 e. The molecule has 27 heavy (non-hydrogen) atoms. The van der Waals surface area contributed by atoms with E-state index >= 15 is 0 Å². The molecular formula is C21H19N3O3. The Morgan fingerprint density at radius 1 is 0.704 bits per heavy atom. The molecule has 0 saturated carbocycles. The van der Waals surface area contributed by atoms with Gasteiger partial charge in [-0.25, -0.2) is 4.98 Å². The molecule has 2 aromatic carbocycles. The maximum absolute atomic E-state index is 5.37. The fourth-order valence-corrected chi connectivity index (χ4v) is 2.97. The highest BCUT2D eigenvalue weighted by molar-refractivity contribution is 5.68. The first-order chi connectivity index (χ1) is 13.2. The highest BCUT2D eigenvalue weighted by atomic mass is 16.5. The molecule has 0 aliphatic carbocycles. The molecule has 0 unspecified atom stereocenters. The summed E-state index contributed by atoms with van der Waals surface area (Å²) in [7, 11) is 4.92. The van der Waals surface area contributed by atoms with Crippen LogP contribution in [-0.4, -0.2) is 35.7 Å². The second-order valence-corrected chi connectivity index (χ2v) is 5.97. The first-order valence-electron chi connectivity index (χ1n) is 8.43. The third-order valence-corrected chi connectivity index (χ3v) is 4.43. The van der Waals surface area contributed by atoms with E-state index in [1.54, 1.807) is 27.5 Å². The Hall–Kier alpha value is -3.54. The molecule has 0 saturated heterocycles. The Balaban J connectivity index is 1.82. The summed E-state index contributed by atoms with van der Waals surface area (Å²) in [4.78, 5) is 9.01. The van der Waals surface area contributed by atoms with Gasteiger partial charge in [0.1, 0.15) is 17.2 Å². The van der Waals surface area contributed by atoms with Gasteiger partial charge in [0.15, 0.2) is 5.65 Å². The van der Waals surface area contributed by atoms with Crippen LogP contribution in [0.25, 0.3) is 28.2 Å². The van der Waals surface area contributed by atoms with E-state index in [0.717, 1.165) is 33.9 Å². The number of rotatable bonds is 5. The highest BCUT2D eigenvalue weighted by Crippen LogP contribution is 2.30. The van der Waals surface area contributed by atoms with Crippen LogP contribution in [0.15, 0.2) is 61.1 Å². The third kappa shape index (κ3) is 3.17. The predicted molar refractivity (Wildman–Crippen MR) is 104 cm³/mol. The second kappa shape index (κ2) is 6.99. The van der Waals surface area contributed by atoms with Gasteiger partial charge in [0.05, 0.1) is 45.1 Å². The summed E-state index contributed by atoms with van der Waals surface area (Å²) in [6, 6.07) is 13.6. The molecule has 0 aliphatic heterocycles. The summed E-state index contributed by atoms with van der Waals surface area (Å²) < 4.78 is 18.0. The lowest BCUT2D eigenvalue weighted by atomic mass is 10.1. The number of nitrogens with zero attached hydrogens (tertiary/aromatic N) is 3. The molecule has 6 heteroatoms. The number of benzene rings is 2. The number of imidazole rings is 1. The van der Waals surface area contributed by atoms with Crippen LogP contribution in [0.2, 0.25) is 0 Å². The van der Waals surface area contributed by atoms with Gasteiger partial charge in [0.2, 0.25) is 0 Å². The Morgan fingerprint density at radius 3 is 2.00 bits per heavy atom. The van der Waals surface area contributed by atoms with Crippen LogP contribution in [0.1, 0.15) is 0 Å². The van der Waals surface area contributed by atoms with Gasteiger partial charge >= 0.3 is 0 Å². The van der Waals surface area contributed by atoms with Crippen LogP contribution in [0, 0.1) is 0 Å². The summed E-state index contributed by atoms with van der Waals surface area (Å²) in [6.45, 7) is 0. The fourth-order valence-electron chi connectivity index (χ4n) is 2.97. The normalized spacial score (nSPS) is 10.8. The molecule has 0 amide bonds. The van der Waals surface area contributed by atoms with E-state index in [-0.39, 0.29) is 0 Å². The molecule has 2 heterocycles. The number of hydrogen-bond acceptors (Lipinski definition) is 5. The van der Waals surface area contributed by atoms with E-state index in [0.29, 0.717) is 11.5 Å². The third-order valence-electron chi connectivity index (χ3n) is 4.43. The van der Waals surface area contributed by atoms with Crippen molar-refractivity contribution in [2.24, 2.45) is 0 Å². The second-order valence-electron chi connectivity index (χ2n) is 5.97. The van der Waals surface area contributed by atoms with Gasteiger partial charge in [-0.05, 0) is 36.4 Å². The Labute approximate surface area is 157 Å². The quantitative estimate of drug-likeness (QED) is 0.536. The van der Waals surface area contributed by atoms with E-state index in [9.17, 15) is 0 Å². The topological polar surface area (TPSA) is 57.9 Å². The monoisotopic (exact) mass is 361 g/mol. The summed E-state index contributed by atoms with van der Waals surface area (Å²) in [6.07, 6.45) is 5.57. The first kappa shape index (κ1) is 16.9. The van der Waals surface area contributed by atoms with E-state index in [4.69, 9.17) is 14.2 Å². The van der Waals surface area contributed by atoms with Gasteiger partial charge in [-0.1, -0.05) is 0 Å². The maximum Gasteiger partial charge on any atom is 0.155 e. The molecule has 4 rings (SSSR count). The average molecular weight is 361 g/mol. The zero-order chi connectivity index (χ0) is 18.8. The molecule has 0 N–H and O–H groups in total. The van der Waals surface area contributed by atoms with Gasteiger partial charge in [-0.2, -0.15) is 0 Å². The van der Waals surface area contributed by atoms with E-state index in [1.165, 1.54) is 0 Å². The Bertz CT molecular complexity index is 1070. The molecule has 0 radical (unpaired) electrons. The maximum atomic E-state index is 5.37. The lowest BCUT2D eigenvalue weighted by molar-refractivity contribution is 0.394. The zero-order valence-electron chi connectivity index (χ0n) is 15.3. The molecule has 6 nitrogen and oxygen atoms in total. The smallest absolute Gasteiger partial charge is 0.155 e. The number of ether oxygens (including phenoxy) is 3. The molecule has 4 aromatic rings. The van der Waals surface area contributed by atoms with Crippen LogP contribution in [0.3, 0.4) is 0 Å². The SMILES string of the molecule is COc1ccc(-c2cnc3cnc(-c4cc(OC)cc(OC)c4)cn23)cc1. The van der Waals surface area contributed by atoms with Gasteiger partial charge in [0, 0.05) is 23.4 Å². The van der Waals surface area contributed by atoms with Crippen molar-refractivity contribution >= 4 is 5.65 Å². The van der Waals surface area contributed by atoms with Crippen molar-refractivity contribution in [3.63, 3.8) is 0 Å². The summed E-state index contributed by atoms with van der Waals surface area (Å²) >= 11 is 0. The largest absolute Gasteiger partial charge is 0.497 e. The van der Waals surface area contributed by atoms with Crippen molar-refractivity contribution in [2.75, 3.05) is 21.3 Å². The van der Waals surface area contributed by atoms with E-state index in [1.807, 2.05) is 59.3 Å². The zero-order valence-corrected chi connectivity index (χ0v) is 15.3. The van der Waals surface area contributed by atoms with E-state index in [2.05, 4.69) is 9.97 Å². The van der Waals surface area contributed by atoms with Crippen molar-refractivity contribution in [2.45, 2.75) is 0 Å². The summed E-state index contributed by atoms with van der Waals surface area (Å²) in [5.74, 6) is 2.25. The molecule has 136 valence electrons. The molecular weight excluding hydrogens is 342 g/mol. The molecule has 2 aromatic heterocycles.